The van der Waals surface area contributed by atoms with Crippen molar-refractivity contribution >= 4 is 34.7 Å². The summed E-state index contributed by atoms with van der Waals surface area (Å²) in [5.74, 6) is 0.335. The zero-order valence-corrected chi connectivity index (χ0v) is 22.5. The molecule has 1 atom stereocenters. The number of hydrogen-bond donors (Lipinski definition) is 1. The van der Waals surface area contributed by atoms with Crippen molar-refractivity contribution in [3.8, 4) is 5.75 Å². The first-order chi connectivity index (χ1) is 18.4. The number of thiazole rings is 1. The first-order valence-electron chi connectivity index (χ1n) is 12.2. The van der Waals surface area contributed by atoms with E-state index >= 15 is 0 Å². The van der Waals surface area contributed by atoms with Gasteiger partial charge in [-0.25, -0.2) is 4.99 Å². The van der Waals surface area contributed by atoms with E-state index in [0.717, 1.165) is 16.8 Å². The molecule has 0 bridgehead atoms. The largest absolute Gasteiger partial charge is 0.497 e. The summed E-state index contributed by atoms with van der Waals surface area (Å²) in [7, 11) is 5.56. The summed E-state index contributed by atoms with van der Waals surface area (Å²) >= 11 is 1.32. The van der Waals surface area contributed by atoms with Gasteiger partial charge in [0.2, 0.25) is 0 Å². The molecular formula is C30H28N4O3S. The average molecular weight is 525 g/mol. The van der Waals surface area contributed by atoms with E-state index in [9.17, 15) is 9.59 Å². The molecule has 1 aromatic heterocycles. The molecule has 5 rings (SSSR count). The van der Waals surface area contributed by atoms with Gasteiger partial charge in [0.1, 0.15) is 5.75 Å². The molecule has 2 heterocycles. The van der Waals surface area contributed by atoms with Crippen molar-refractivity contribution in [1.82, 2.24) is 4.57 Å². The lowest BCUT2D eigenvalue weighted by Crippen LogP contribution is -2.40. The number of carbonyl (C=O) groups is 1. The number of hydrogen-bond acceptors (Lipinski definition) is 6. The summed E-state index contributed by atoms with van der Waals surface area (Å²) in [5, 5.41) is 2.97. The number of aromatic nitrogens is 1. The Balaban J connectivity index is 1.65. The van der Waals surface area contributed by atoms with Crippen LogP contribution in [0.5, 0.6) is 5.75 Å². The molecule has 1 aliphatic heterocycles. The summed E-state index contributed by atoms with van der Waals surface area (Å²) in [6.45, 7) is 1.81. The Morgan fingerprint density at radius 2 is 1.79 bits per heavy atom. The predicted octanol–water partition coefficient (Wildman–Crippen LogP) is 3.95. The van der Waals surface area contributed by atoms with Crippen LogP contribution in [-0.2, 0) is 4.79 Å². The number of nitrogens with zero attached hydrogens (tertiary/aromatic N) is 3. The molecule has 0 aliphatic carbocycles. The Hall–Kier alpha value is -4.43. The van der Waals surface area contributed by atoms with Crippen molar-refractivity contribution in [2.75, 3.05) is 31.4 Å². The van der Waals surface area contributed by atoms with Gasteiger partial charge in [-0.05, 0) is 60.5 Å². The van der Waals surface area contributed by atoms with Crippen LogP contribution in [0.4, 0.5) is 11.4 Å². The first-order valence-corrected chi connectivity index (χ1v) is 13.0. The lowest BCUT2D eigenvalue weighted by Gasteiger charge is -2.25. The van der Waals surface area contributed by atoms with E-state index in [0.29, 0.717) is 32.0 Å². The van der Waals surface area contributed by atoms with Crippen LogP contribution in [0.2, 0.25) is 0 Å². The van der Waals surface area contributed by atoms with Crippen LogP contribution in [0.15, 0.2) is 99.9 Å². The van der Waals surface area contributed by atoms with Gasteiger partial charge in [0, 0.05) is 25.5 Å². The molecule has 38 heavy (non-hydrogen) atoms. The van der Waals surface area contributed by atoms with E-state index in [4.69, 9.17) is 9.73 Å². The van der Waals surface area contributed by atoms with Crippen molar-refractivity contribution in [2.45, 2.75) is 13.0 Å². The molecule has 192 valence electrons. The third-order valence-corrected chi connectivity index (χ3v) is 7.40. The summed E-state index contributed by atoms with van der Waals surface area (Å²) in [4.78, 5) is 34.8. The predicted molar refractivity (Wildman–Crippen MR) is 153 cm³/mol. The Morgan fingerprint density at radius 3 is 2.47 bits per heavy atom. The Kier molecular flexibility index (Phi) is 6.98. The monoisotopic (exact) mass is 524 g/mol. The van der Waals surface area contributed by atoms with Crippen LogP contribution in [-0.4, -0.2) is 31.7 Å². The number of anilines is 2. The molecule has 3 aromatic carbocycles. The van der Waals surface area contributed by atoms with Crippen molar-refractivity contribution in [3.05, 3.63) is 121 Å². The summed E-state index contributed by atoms with van der Waals surface area (Å²) in [5.41, 5.74) is 4.20. The minimum Gasteiger partial charge on any atom is -0.497 e. The first kappa shape index (κ1) is 25.2. The lowest BCUT2D eigenvalue weighted by molar-refractivity contribution is -0.113. The van der Waals surface area contributed by atoms with Gasteiger partial charge in [0.25, 0.3) is 11.5 Å². The summed E-state index contributed by atoms with van der Waals surface area (Å²) in [6.07, 6.45) is 1.87. The van der Waals surface area contributed by atoms with Gasteiger partial charge in [-0.1, -0.05) is 53.8 Å². The number of allylic oxidation sites excluding steroid dienone is 1. The normalized spacial score (nSPS) is 15.1. The Bertz CT molecular complexity index is 1700. The molecule has 0 fully saturated rings. The third kappa shape index (κ3) is 4.90. The Morgan fingerprint density at radius 1 is 1.05 bits per heavy atom. The van der Waals surface area contributed by atoms with E-state index in [1.54, 1.807) is 11.7 Å². The Labute approximate surface area is 224 Å². The van der Waals surface area contributed by atoms with Gasteiger partial charge in [-0.2, -0.15) is 0 Å². The molecule has 1 aliphatic rings. The van der Waals surface area contributed by atoms with Gasteiger partial charge in [-0.3, -0.25) is 14.2 Å². The van der Waals surface area contributed by atoms with Crippen LogP contribution in [0.1, 0.15) is 24.1 Å². The highest BCUT2D eigenvalue weighted by molar-refractivity contribution is 7.07. The van der Waals surface area contributed by atoms with Gasteiger partial charge >= 0.3 is 0 Å². The SMILES string of the molecule is COc1cccc([C@H]2C(C(=O)Nc3ccccc3)=C(C)N=c3s/c(=C\c4ccc(N(C)C)cc4)c(=O)n32)c1. The number of methoxy groups -OCH3 is 1. The molecule has 0 spiro atoms. The van der Waals surface area contributed by atoms with E-state index < -0.39 is 6.04 Å². The molecule has 8 heteroatoms. The topological polar surface area (TPSA) is 75.9 Å². The molecule has 0 saturated carbocycles. The maximum Gasteiger partial charge on any atom is 0.271 e. The number of benzene rings is 3. The van der Waals surface area contributed by atoms with Gasteiger partial charge < -0.3 is 15.0 Å². The molecule has 1 N–H and O–H groups in total. The number of rotatable bonds is 6. The van der Waals surface area contributed by atoms with Crippen LogP contribution in [0.25, 0.3) is 6.08 Å². The second-order valence-electron chi connectivity index (χ2n) is 9.16. The van der Waals surface area contributed by atoms with Crippen molar-refractivity contribution in [1.29, 1.82) is 0 Å². The van der Waals surface area contributed by atoms with Crippen LogP contribution < -0.4 is 29.8 Å². The zero-order valence-electron chi connectivity index (χ0n) is 21.6. The standard InChI is InChI=1S/C30H28N4O3S/c1-19-26(28(35)32-22-10-6-5-7-11-22)27(21-9-8-12-24(18-21)37-4)34-29(36)25(38-30(34)31-19)17-20-13-15-23(16-14-20)33(2)3/h5-18,27H,1-4H3,(H,32,35)/b25-17-/t27-/m0/s1. The fourth-order valence-electron chi connectivity index (χ4n) is 4.48. The number of fused-ring (bicyclic) bond motifs is 1. The molecule has 4 aromatic rings. The molecule has 1 amide bonds. The maximum absolute atomic E-state index is 13.9. The van der Waals surface area contributed by atoms with Gasteiger partial charge in [0.15, 0.2) is 4.80 Å². The van der Waals surface area contributed by atoms with E-state index in [1.807, 2.05) is 111 Å². The molecule has 7 nitrogen and oxygen atoms in total. The second-order valence-corrected chi connectivity index (χ2v) is 10.2. The molecule has 0 radical (unpaired) electrons. The highest BCUT2D eigenvalue weighted by Gasteiger charge is 2.32. The number of para-hydroxylation sites is 1. The van der Waals surface area contributed by atoms with E-state index in [1.165, 1.54) is 11.3 Å². The number of amides is 1. The number of ether oxygens (including phenoxy) is 1. The van der Waals surface area contributed by atoms with Crippen molar-refractivity contribution in [3.63, 3.8) is 0 Å². The molecule has 0 unspecified atom stereocenters. The van der Waals surface area contributed by atoms with Crippen LogP contribution >= 0.6 is 11.3 Å². The fraction of sp³-hybridized carbons (Fsp3) is 0.167. The molecular weight excluding hydrogens is 496 g/mol. The summed E-state index contributed by atoms with van der Waals surface area (Å²) in [6, 6.07) is 24.0. The van der Waals surface area contributed by atoms with Crippen molar-refractivity contribution in [2.24, 2.45) is 4.99 Å². The van der Waals surface area contributed by atoms with Crippen molar-refractivity contribution < 1.29 is 9.53 Å². The van der Waals surface area contributed by atoms with E-state index in [2.05, 4.69) is 5.32 Å². The zero-order chi connectivity index (χ0) is 26.8. The minimum atomic E-state index is -0.664. The molecule has 0 saturated heterocycles. The van der Waals surface area contributed by atoms with Gasteiger partial charge in [0.05, 0.1) is 29.0 Å². The van der Waals surface area contributed by atoms with Crippen LogP contribution in [0.3, 0.4) is 0 Å². The summed E-state index contributed by atoms with van der Waals surface area (Å²) < 4.78 is 7.62. The second kappa shape index (κ2) is 10.5. The highest BCUT2D eigenvalue weighted by atomic mass is 32.1. The van der Waals surface area contributed by atoms with Crippen LogP contribution in [0, 0.1) is 0 Å². The average Bonchev–Trinajstić information content (AvgIpc) is 3.22. The third-order valence-electron chi connectivity index (χ3n) is 6.41. The van der Waals surface area contributed by atoms with Gasteiger partial charge in [-0.15, -0.1) is 0 Å². The fourth-order valence-corrected chi connectivity index (χ4v) is 5.53. The minimum absolute atomic E-state index is 0.198. The highest BCUT2D eigenvalue weighted by Crippen LogP contribution is 2.32. The maximum atomic E-state index is 13.9. The van der Waals surface area contributed by atoms with E-state index in [-0.39, 0.29) is 11.5 Å². The number of nitrogens with one attached hydrogen (secondary N) is 1. The number of carbonyl (C=O) groups excluding carboxylic acids is 1. The lowest BCUT2D eigenvalue weighted by atomic mass is 9.95. The quantitative estimate of drug-likeness (QED) is 0.415. The smallest absolute Gasteiger partial charge is 0.271 e.